The second-order valence-electron chi connectivity index (χ2n) is 3.54. The first-order valence-corrected chi connectivity index (χ1v) is 5.88. The fraction of sp³-hybridized carbons (Fsp3) is 0.0833. The van der Waals surface area contributed by atoms with Gasteiger partial charge in [0, 0.05) is 10.6 Å². The van der Waals surface area contributed by atoms with Gasteiger partial charge in [-0.2, -0.15) is 0 Å². The molecule has 4 nitrogen and oxygen atoms in total. The molecular formula is C12H9FN2O2S. The third kappa shape index (κ3) is 3.04. The Morgan fingerprint density at radius 3 is 2.56 bits per heavy atom. The van der Waals surface area contributed by atoms with Crippen molar-refractivity contribution in [1.29, 1.82) is 0 Å². The zero-order chi connectivity index (χ0) is 13.1. The van der Waals surface area contributed by atoms with E-state index in [1.54, 1.807) is 19.1 Å². The van der Waals surface area contributed by atoms with Crippen LogP contribution in [0.2, 0.25) is 0 Å². The predicted octanol–water partition coefficient (Wildman–Crippen LogP) is 2.77. The van der Waals surface area contributed by atoms with Crippen LogP contribution in [0.5, 0.6) is 0 Å². The third-order valence-electron chi connectivity index (χ3n) is 2.08. The smallest absolute Gasteiger partial charge is 0.354 e. The Morgan fingerprint density at radius 1 is 1.28 bits per heavy atom. The fourth-order valence-electron chi connectivity index (χ4n) is 1.30. The van der Waals surface area contributed by atoms with Crippen molar-refractivity contribution in [2.24, 2.45) is 0 Å². The SMILES string of the molecule is Cc1cc(C(=O)O)nc(Sc2ccc(F)cc2)n1. The molecule has 0 aliphatic rings. The van der Waals surface area contributed by atoms with Crippen molar-refractivity contribution in [3.05, 3.63) is 47.5 Å². The summed E-state index contributed by atoms with van der Waals surface area (Å²) in [6.07, 6.45) is 0. The minimum atomic E-state index is -1.10. The molecule has 92 valence electrons. The fourth-order valence-corrected chi connectivity index (χ4v) is 2.12. The molecule has 0 unspecified atom stereocenters. The maximum Gasteiger partial charge on any atom is 0.354 e. The van der Waals surface area contributed by atoms with Crippen molar-refractivity contribution in [2.75, 3.05) is 0 Å². The van der Waals surface area contributed by atoms with Crippen LogP contribution in [0.3, 0.4) is 0 Å². The highest BCUT2D eigenvalue weighted by Gasteiger charge is 2.09. The molecule has 0 saturated heterocycles. The maximum atomic E-state index is 12.7. The number of carboxylic acids is 1. The molecule has 0 aliphatic heterocycles. The van der Waals surface area contributed by atoms with Crippen LogP contribution in [0.1, 0.15) is 16.2 Å². The van der Waals surface area contributed by atoms with Gasteiger partial charge in [-0.05, 0) is 49.0 Å². The lowest BCUT2D eigenvalue weighted by Gasteiger charge is -2.03. The van der Waals surface area contributed by atoms with Crippen LogP contribution in [0, 0.1) is 12.7 Å². The van der Waals surface area contributed by atoms with E-state index in [0.29, 0.717) is 10.9 Å². The summed E-state index contributed by atoms with van der Waals surface area (Å²) in [5.41, 5.74) is 0.527. The Morgan fingerprint density at radius 2 is 1.94 bits per heavy atom. The number of hydrogen-bond acceptors (Lipinski definition) is 4. The maximum absolute atomic E-state index is 12.7. The number of aromatic nitrogens is 2. The van der Waals surface area contributed by atoms with Crippen molar-refractivity contribution in [1.82, 2.24) is 9.97 Å². The number of carboxylic acid groups (broad SMARTS) is 1. The third-order valence-corrected chi connectivity index (χ3v) is 2.95. The molecule has 18 heavy (non-hydrogen) atoms. The van der Waals surface area contributed by atoms with Gasteiger partial charge in [0.1, 0.15) is 5.82 Å². The number of nitrogens with zero attached hydrogens (tertiary/aromatic N) is 2. The first-order chi connectivity index (χ1) is 8.54. The van der Waals surface area contributed by atoms with Crippen LogP contribution in [-0.4, -0.2) is 21.0 Å². The zero-order valence-corrected chi connectivity index (χ0v) is 10.2. The monoisotopic (exact) mass is 264 g/mol. The molecule has 2 aromatic rings. The van der Waals surface area contributed by atoms with Crippen LogP contribution in [0.25, 0.3) is 0 Å². The van der Waals surface area contributed by atoms with E-state index in [1.807, 2.05) is 0 Å². The highest BCUT2D eigenvalue weighted by atomic mass is 32.2. The van der Waals surface area contributed by atoms with E-state index in [-0.39, 0.29) is 11.5 Å². The van der Waals surface area contributed by atoms with Crippen molar-refractivity contribution in [2.45, 2.75) is 17.0 Å². The lowest BCUT2D eigenvalue weighted by atomic mass is 10.3. The first-order valence-electron chi connectivity index (χ1n) is 5.07. The molecule has 0 aliphatic carbocycles. The summed E-state index contributed by atoms with van der Waals surface area (Å²) in [5, 5.41) is 9.22. The number of aromatic carboxylic acids is 1. The summed E-state index contributed by atoms with van der Waals surface area (Å²) in [4.78, 5) is 19.6. The van der Waals surface area contributed by atoms with Crippen molar-refractivity contribution in [3.63, 3.8) is 0 Å². The Bertz CT molecular complexity index is 587. The second-order valence-corrected chi connectivity index (χ2v) is 4.58. The molecule has 0 fully saturated rings. The predicted molar refractivity (Wildman–Crippen MR) is 64.3 cm³/mol. The number of benzene rings is 1. The van der Waals surface area contributed by atoms with Gasteiger partial charge >= 0.3 is 5.97 Å². The van der Waals surface area contributed by atoms with Crippen molar-refractivity contribution < 1.29 is 14.3 Å². The average Bonchev–Trinajstić information content (AvgIpc) is 2.31. The normalized spacial score (nSPS) is 10.3. The summed E-state index contributed by atoms with van der Waals surface area (Å²) in [7, 11) is 0. The van der Waals surface area contributed by atoms with Gasteiger partial charge in [0.05, 0.1) is 0 Å². The van der Waals surface area contributed by atoms with Gasteiger partial charge in [-0.15, -0.1) is 0 Å². The summed E-state index contributed by atoms with van der Waals surface area (Å²) in [5.74, 6) is -1.42. The standard InChI is InChI=1S/C12H9FN2O2S/c1-7-6-10(11(16)17)15-12(14-7)18-9-4-2-8(13)3-5-9/h2-6H,1H3,(H,16,17). The highest BCUT2D eigenvalue weighted by molar-refractivity contribution is 7.99. The first kappa shape index (κ1) is 12.5. The number of hydrogen-bond donors (Lipinski definition) is 1. The van der Waals surface area contributed by atoms with E-state index < -0.39 is 5.97 Å². The summed E-state index contributed by atoms with van der Waals surface area (Å²) in [6.45, 7) is 1.70. The molecule has 0 saturated carbocycles. The van der Waals surface area contributed by atoms with Crippen LogP contribution < -0.4 is 0 Å². The lowest BCUT2D eigenvalue weighted by molar-refractivity contribution is 0.0689. The molecule has 1 N–H and O–H groups in total. The van der Waals surface area contributed by atoms with E-state index >= 15 is 0 Å². The van der Waals surface area contributed by atoms with E-state index in [2.05, 4.69) is 9.97 Å². The minimum absolute atomic E-state index is 0.0490. The van der Waals surface area contributed by atoms with Crippen molar-refractivity contribution >= 4 is 17.7 Å². The van der Waals surface area contributed by atoms with Crippen LogP contribution in [-0.2, 0) is 0 Å². The lowest BCUT2D eigenvalue weighted by Crippen LogP contribution is -2.03. The van der Waals surface area contributed by atoms with E-state index in [4.69, 9.17) is 5.11 Å². The van der Waals surface area contributed by atoms with Gasteiger partial charge in [0.2, 0.25) is 0 Å². The molecule has 0 radical (unpaired) electrons. The number of halogens is 1. The molecule has 0 spiro atoms. The summed E-state index contributed by atoms with van der Waals surface area (Å²) < 4.78 is 12.7. The summed E-state index contributed by atoms with van der Waals surface area (Å²) in [6, 6.07) is 7.24. The molecule has 6 heteroatoms. The second kappa shape index (κ2) is 5.14. The van der Waals surface area contributed by atoms with Crippen LogP contribution >= 0.6 is 11.8 Å². The highest BCUT2D eigenvalue weighted by Crippen LogP contribution is 2.25. The molecular weight excluding hydrogens is 255 g/mol. The number of carbonyl (C=O) groups is 1. The van der Waals surface area contributed by atoms with Gasteiger partial charge in [-0.1, -0.05) is 0 Å². The number of aryl methyl sites for hydroxylation is 1. The van der Waals surface area contributed by atoms with Gasteiger partial charge < -0.3 is 5.11 Å². The van der Waals surface area contributed by atoms with Gasteiger partial charge in [0.25, 0.3) is 0 Å². The zero-order valence-electron chi connectivity index (χ0n) is 9.42. The molecule has 1 heterocycles. The largest absolute Gasteiger partial charge is 0.477 e. The Kier molecular flexibility index (Phi) is 3.57. The summed E-state index contributed by atoms with van der Waals surface area (Å²) >= 11 is 1.19. The van der Waals surface area contributed by atoms with E-state index in [9.17, 15) is 9.18 Å². The van der Waals surface area contributed by atoms with E-state index in [1.165, 1.54) is 30.0 Å². The topological polar surface area (TPSA) is 63.1 Å². The van der Waals surface area contributed by atoms with Gasteiger partial charge in [-0.3, -0.25) is 0 Å². The molecule has 0 bridgehead atoms. The van der Waals surface area contributed by atoms with Gasteiger partial charge in [0.15, 0.2) is 10.9 Å². The van der Waals surface area contributed by atoms with Gasteiger partial charge in [-0.25, -0.2) is 19.2 Å². The van der Waals surface area contributed by atoms with Crippen molar-refractivity contribution in [3.8, 4) is 0 Å². The Hall–Kier alpha value is -1.95. The molecule has 1 aromatic carbocycles. The van der Waals surface area contributed by atoms with Crippen LogP contribution in [0.15, 0.2) is 40.4 Å². The molecule has 0 amide bonds. The Labute approximate surface area is 107 Å². The minimum Gasteiger partial charge on any atom is -0.477 e. The molecule has 0 atom stereocenters. The average molecular weight is 264 g/mol. The quantitative estimate of drug-likeness (QED) is 0.864. The van der Waals surface area contributed by atoms with E-state index in [0.717, 1.165) is 4.90 Å². The molecule has 2 rings (SSSR count). The number of rotatable bonds is 3. The van der Waals surface area contributed by atoms with Crippen LogP contribution in [0.4, 0.5) is 4.39 Å². The Balaban J connectivity index is 2.28. The molecule has 1 aromatic heterocycles.